The van der Waals surface area contributed by atoms with Crippen molar-refractivity contribution in [2.45, 2.75) is 6.61 Å². The molecule has 2 rings (SSSR count). The lowest BCUT2D eigenvalue weighted by atomic mass is 10.1. The van der Waals surface area contributed by atoms with Gasteiger partial charge < -0.3 is 10.5 Å². The Kier molecular flexibility index (Phi) is 4.91. The first-order valence-corrected chi connectivity index (χ1v) is 7.18. The Balaban J connectivity index is 2.15. The van der Waals surface area contributed by atoms with Gasteiger partial charge in [0, 0.05) is 20.6 Å². The highest BCUT2D eigenvalue weighted by Gasteiger charge is 2.08. The fourth-order valence-corrected chi connectivity index (χ4v) is 2.31. The SMILES string of the molecule is NC(=O)c1ccc(COc2cc(Br)ccc2Cl)c(Cl)c1. The average molecular weight is 375 g/mol. The molecule has 1 amide bonds. The van der Waals surface area contributed by atoms with Gasteiger partial charge in [-0.2, -0.15) is 0 Å². The molecular weight excluding hydrogens is 365 g/mol. The molecule has 0 aliphatic heterocycles. The van der Waals surface area contributed by atoms with E-state index in [1.54, 1.807) is 24.3 Å². The maximum Gasteiger partial charge on any atom is 0.248 e. The van der Waals surface area contributed by atoms with Gasteiger partial charge in [-0.1, -0.05) is 45.2 Å². The zero-order valence-corrected chi connectivity index (χ0v) is 13.3. The summed E-state index contributed by atoms with van der Waals surface area (Å²) in [4.78, 5) is 11.0. The number of ether oxygens (including phenoxy) is 1. The third kappa shape index (κ3) is 3.66. The normalized spacial score (nSPS) is 10.3. The number of carbonyl (C=O) groups is 1. The van der Waals surface area contributed by atoms with Crippen LogP contribution in [0.25, 0.3) is 0 Å². The van der Waals surface area contributed by atoms with Crippen molar-refractivity contribution in [2.24, 2.45) is 5.73 Å². The van der Waals surface area contributed by atoms with Crippen LogP contribution in [0.2, 0.25) is 10.0 Å². The molecule has 0 saturated heterocycles. The minimum Gasteiger partial charge on any atom is -0.487 e. The number of amides is 1. The summed E-state index contributed by atoms with van der Waals surface area (Å²) in [5.74, 6) is 0.0329. The van der Waals surface area contributed by atoms with Crippen LogP contribution in [0.5, 0.6) is 5.75 Å². The van der Waals surface area contributed by atoms with Crippen molar-refractivity contribution in [1.82, 2.24) is 0 Å². The fraction of sp³-hybridized carbons (Fsp3) is 0.0714. The van der Waals surface area contributed by atoms with E-state index in [-0.39, 0.29) is 6.61 Å². The number of hydrogen-bond acceptors (Lipinski definition) is 2. The lowest BCUT2D eigenvalue weighted by Gasteiger charge is -2.10. The summed E-state index contributed by atoms with van der Waals surface area (Å²) in [7, 11) is 0. The summed E-state index contributed by atoms with van der Waals surface area (Å²) < 4.78 is 6.49. The molecule has 0 spiro atoms. The molecule has 2 aromatic carbocycles. The quantitative estimate of drug-likeness (QED) is 0.860. The molecule has 0 aliphatic carbocycles. The first-order chi connectivity index (χ1) is 9.47. The topological polar surface area (TPSA) is 52.3 Å². The Labute approximate surface area is 134 Å². The number of carbonyl (C=O) groups excluding carboxylic acids is 1. The Morgan fingerprint density at radius 1 is 1.15 bits per heavy atom. The zero-order valence-electron chi connectivity index (χ0n) is 10.2. The minimum atomic E-state index is -0.519. The second-order valence-corrected chi connectivity index (χ2v) is 5.76. The second-order valence-electron chi connectivity index (χ2n) is 4.03. The molecule has 6 heteroatoms. The number of nitrogens with two attached hydrogens (primary N) is 1. The molecule has 2 aromatic rings. The molecule has 3 nitrogen and oxygen atoms in total. The summed E-state index contributed by atoms with van der Waals surface area (Å²) >= 11 is 15.5. The molecule has 0 unspecified atom stereocenters. The molecule has 2 N–H and O–H groups in total. The molecule has 20 heavy (non-hydrogen) atoms. The van der Waals surface area contributed by atoms with E-state index in [1.807, 2.05) is 6.07 Å². The fourth-order valence-electron chi connectivity index (χ4n) is 1.56. The van der Waals surface area contributed by atoms with Crippen LogP contribution in [0.1, 0.15) is 15.9 Å². The van der Waals surface area contributed by atoms with Crippen LogP contribution < -0.4 is 10.5 Å². The molecule has 0 saturated carbocycles. The van der Waals surface area contributed by atoms with Gasteiger partial charge in [-0.05, 0) is 30.3 Å². The maximum atomic E-state index is 11.0. The van der Waals surface area contributed by atoms with Gasteiger partial charge in [0.05, 0.1) is 5.02 Å². The highest BCUT2D eigenvalue weighted by atomic mass is 79.9. The first-order valence-electron chi connectivity index (χ1n) is 5.63. The van der Waals surface area contributed by atoms with Gasteiger partial charge in [0.15, 0.2) is 0 Å². The van der Waals surface area contributed by atoms with E-state index in [9.17, 15) is 4.79 Å². The third-order valence-corrected chi connectivity index (χ3v) is 3.77. The van der Waals surface area contributed by atoms with E-state index in [0.29, 0.717) is 21.4 Å². The van der Waals surface area contributed by atoms with E-state index in [2.05, 4.69) is 15.9 Å². The summed E-state index contributed by atoms with van der Waals surface area (Å²) in [5.41, 5.74) is 6.29. The Morgan fingerprint density at radius 3 is 2.55 bits per heavy atom. The molecule has 104 valence electrons. The van der Waals surface area contributed by atoms with Gasteiger partial charge in [0.25, 0.3) is 0 Å². The number of benzene rings is 2. The van der Waals surface area contributed by atoms with Crippen LogP contribution in [0.3, 0.4) is 0 Å². The van der Waals surface area contributed by atoms with Crippen molar-refractivity contribution >= 4 is 45.0 Å². The van der Waals surface area contributed by atoms with Crippen molar-refractivity contribution in [3.8, 4) is 5.75 Å². The maximum absolute atomic E-state index is 11.0. The van der Waals surface area contributed by atoms with E-state index < -0.39 is 5.91 Å². The number of rotatable bonds is 4. The highest BCUT2D eigenvalue weighted by Crippen LogP contribution is 2.29. The van der Waals surface area contributed by atoms with Crippen LogP contribution in [0.4, 0.5) is 0 Å². The van der Waals surface area contributed by atoms with Gasteiger partial charge in [-0.3, -0.25) is 4.79 Å². The molecular formula is C14H10BrCl2NO2. The monoisotopic (exact) mass is 373 g/mol. The largest absolute Gasteiger partial charge is 0.487 e. The molecule has 0 radical (unpaired) electrons. The zero-order chi connectivity index (χ0) is 14.7. The summed E-state index contributed by atoms with van der Waals surface area (Å²) in [6.45, 7) is 0.244. The van der Waals surface area contributed by atoms with Crippen LogP contribution in [0, 0.1) is 0 Å². The minimum absolute atomic E-state index is 0.244. The van der Waals surface area contributed by atoms with Crippen molar-refractivity contribution in [3.05, 3.63) is 62.0 Å². The van der Waals surface area contributed by atoms with Crippen LogP contribution in [-0.4, -0.2) is 5.91 Å². The number of hydrogen-bond donors (Lipinski definition) is 1. The van der Waals surface area contributed by atoms with Crippen molar-refractivity contribution in [1.29, 1.82) is 0 Å². The average Bonchev–Trinajstić information content (AvgIpc) is 2.40. The van der Waals surface area contributed by atoms with Gasteiger partial charge in [-0.15, -0.1) is 0 Å². The van der Waals surface area contributed by atoms with Gasteiger partial charge >= 0.3 is 0 Å². The highest BCUT2D eigenvalue weighted by molar-refractivity contribution is 9.10. The Morgan fingerprint density at radius 2 is 1.90 bits per heavy atom. The molecule has 0 aliphatic rings. The Hall–Kier alpha value is -1.23. The summed E-state index contributed by atoms with van der Waals surface area (Å²) in [6.07, 6.45) is 0. The second kappa shape index (κ2) is 6.48. The molecule has 0 heterocycles. The molecule has 0 fully saturated rings. The first kappa shape index (κ1) is 15.2. The van der Waals surface area contributed by atoms with Gasteiger partial charge in [-0.25, -0.2) is 0 Å². The van der Waals surface area contributed by atoms with Crippen molar-refractivity contribution in [2.75, 3.05) is 0 Å². The van der Waals surface area contributed by atoms with E-state index in [0.717, 1.165) is 10.0 Å². The van der Waals surface area contributed by atoms with Gasteiger partial charge in [0.1, 0.15) is 12.4 Å². The molecule has 0 bridgehead atoms. The predicted molar refractivity (Wildman–Crippen MR) is 83.5 cm³/mol. The van der Waals surface area contributed by atoms with Crippen LogP contribution in [-0.2, 0) is 6.61 Å². The number of primary amides is 1. The predicted octanol–water partition coefficient (Wildman–Crippen LogP) is 4.43. The van der Waals surface area contributed by atoms with Crippen LogP contribution >= 0.6 is 39.1 Å². The van der Waals surface area contributed by atoms with Crippen LogP contribution in [0.15, 0.2) is 40.9 Å². The van der Waals surface area contributed by atoms with Gasteiger partial charge in [0.2, 0.25) is 5.91 Å². The van der Waals surface area contributed by atoms with E-state index >= 15 is 0 Å². The van der Waals surface area contributed by atoms with Crippen molar-refractivity contribution in [3.63, 3.8) is 0 Å². The van der Waals surface area contributed by atoms with E-state index in [1.165, 1.54) is 6.07 Å². The summed E-state index contributed by atoms with van der Waals surface area (Å²) in [6, 6.07) is 10.2. The molecule has 0 aromatic heterocycles. The van der Waals surface area contributed by atoms with E-state index in [4.69, 9.17) is 33.7 Å². The lowest BCUT2D eigenvalue weighted by molar-refractivity contribution is 0.1000. The standard InChI is InChI=1S/C14H10BrCl2NO2/c15-10-3-4-11(16)13(6-10)20-7-9-2-1-8(14(18)19)5-12(9)17/h1-6H,7H2,(H2,18,19). The summed E-state index contributed by atoms with van der Waals surface area (Å²) in [5, 5.41) is 0.936. The number of halogens is 3. The molecule has 0 atom stereocenters. The Bertz CT molecular complexity index is 662. The smallest absolute Gasteiger partial charge is 0.248 e. The lowest BCUT2D eigenvalue weighted by Crippen LogP contribution is -2.11. The third-order valence-electron chi connectivity index (χ3n) is 2.61. The van der Waals surface area contributed by atoms with Crippen molar-refractivity contribution < 1.29 is 9.53 Å².